The van der Waals surface area contributed by atoms with Gasteiger partial charge in [0.2, 0.25) is 23.7 Å². The Balaban J connectivity index is 1.24. The molecule has 7 rings (SSSR count). The molecule has 6 N–H and O–H groups in total. The highest BCUT2D eigenvalue weighted by Crippen LogP contribution is 2.27. The van der Waals surface area contributed by atoms with Crippen LogP contribution in [0.15, 0.2) is 42.5 Å². The number of carbonyl (C=O) groups is 4. The Morgan fingerprint density at radius 1 is 0.722 bits per heavy atom. The van der Waals surface area contributed by atoms with Gasteiger partial charge in [0, 0.05) is 42.9 Å². The topological polar surface area (TPSA) is 216 Å². The fourth-order valence-electron chi connectivity index (χ4n) is 7.29. The molecule has 0 atom stereocenters. The van der Waals surface area contributed by atoms with Crippen molar-refractivity contribution in [1.82, 2.24) is 38.7 Å². The Kier molecular flexibility index (Phi) is 9.99. The van der Waals surface area contributed by atoms with Crippen molar-refractivity contribution in [1.29, 1.82) is 0 Å². The van der Waals surface area contributed by atoms with Gasteiger partial charge in [-0.3, -0.25) is 39.2 Å². The van der Waals surface area contributed by atoms with Crippen molar-refractivity contribution < 1.29 is 19.2 Å². The number of nitrogens with one attached hydrogen (secondary N) is 2. The molecule has 0 bridgehead atoms. The predicted octanol–water partition coefficient (Wildman–Crippen LogP) is 4.72. The van der Waals surface area contributed by atoms with Crippen molar-refractivity contribution in [2.45, 2.75) is 91.9 Å². The summed E-state index contributed by atoms with van der Waals surface area (Å²) in [5.74, 6) is -1.03. The van der Waals surface area contributed by atoms with E-state index in [0.717, 1.165) is 66.5 Å². The number of nitrogens with zero attached hydrogens (tertiary/aromatic N) is 8. The molecule has 54 heavy (non-hydrogen) atoms. The summed E-state index contributed by atoms with van der Waals surface area (Å²) < 4.78 is 7.36. The number of fused-ring (bicyclic) bond motifs is 8. The number of benzene rings is 2. The second kappa shape index (κ2) is 15.0. The third kappa shape index (κ3) is 7.06. The number of amides is 4. The average Bonchev–Trinajstić information content (AvgIpc) is 3.88. The molecule has 0 unspecified atom stereocenters. The molecule has 4 amide bonds. The van der Waals surface area contributed by atoms with E-state index in [2.05, 4.69) is 20.8 Å². The van der Waals surface area contributed by atoms with Gasteiger partial charge >= 0.3 is 0 Å². The Labute approximate surface area is 310 Å². The predicted molar refractivity (Wildman–Crippen MR) is 203 cm³/mol. The van der Waals surface area contributed by atoms with Crippen LogP contribution in [-0.4, -0.2) is 62.3 Å². The number of aryl methyl sites for hydroxylation is 6. The van der Waals surface area contributed by atoms with E-state index in [4.69, 9.17) is 21.4 Å². The van der Waals surface area contributed by atoms with E-state index in [0.29, 0.717) is 78.0 Å². The van der Waals surface area contributed by atoms with E-state index in [1.165, 1.54) is 0 Å². The molecule has 0 spiro atoms. The highest BCUT2D eigenvalue weighted by Gasteiger charge is 2.24. The van der Waals surface area contributed by atoms with Crippen molar-refractivity contribution in [3.8, 4) is 0 Å². The maximum atomic E-state index is 14.1. The molecule has 6 aromatic rings. The first-order valence-corrected chi connectivity index (χ1v) is 18.4. The van der Waals surface area contributed by atoms with Crippen LogP contribution >= 0.6 is 0 Å². The van der Waals surface area contributed by atoms with Gasteiger partial charge in [-0.15, -0.1) is 0 Å². The molecule has 1 aliphatic rings. The van der Waals surface area contributed by atoms with E-state index in [1.807, 2.05) is 29.9 Å². The summed E-state index contributed by atoms with van der Waals surface area (Å²) in [6.07, 6.45) is 5.25. The van der Waals surface area contributed by atoms with Gasteiger partial charge in [-0.05, 0) is 102 Å². The van der Waals surface area contributed by atoms with Crippen molar-refractivity contribution in [3.05, 3.63) is 81.9 Å². The Morgan fingerprint density at radius 2 is 1.28 bits per heavy atom. The minimum Gasteiger partial charge on any atom is -0.366 e. The highest BCUT2D eigenvalue weighted by molar-refractivity contribution is 6.05. The number of nitrogens with two attached hydrogens (primary N) is 2. The number of hydrogen-bond donors (Lipinski definition) is 4. The standard InChI is InChI=1S/C38H44N12O4/c1-4-49-32-26(23(3)46-49)11-7-5-10-18-50-31(19-22(2)45-50)35(53)43-37-41-27-20-24(33(39)51)12-14-29(27)47(37)16-8-6-9-17-48-30-15-13-25(34(40)52)21-28(30)42-38(48)44-36(32)54/h12-15,19-21H,4-11,16-18H2,1-3H3,(H2,39,51)(H2,40,52)(H,41,43,53)(H,42,44,54). The monoisotopic (exact) mass is 732 g/mol. The van der Waals surface area contributed by atoms with Crippen molar-refractivity contribution in [2.75, 3.05) is 10.6 Å². The minimum absolute atomic E-state index is 0.303. The second-order valence-electron chi connectivity index (χ2n) is 13.7. The van der Waals surface area contributed by atoms with Crippen molar-refractivity contribution in [3.63, 3.8) is 0 Å². The second-order valence-corrected chi connectivity index (χ2v) is 13.7. The summed E-state index contributed by atoms with van der Waals surface area (Å²) in [6, 6.07) is 11.9. The maximum absolute atomic E-state index is 14.1. The van der Waals surface area contributed by atoms with Gasteiger partial charge in [0.25, 0.3) is 11.8 Å². The van der Waals surface area contributed by atoms with Gasteiger partial charge in [-0.2, -0.15) is 10.2 Å². The van der Waals surface area contributed by atoms with E-state index >= 15 is 0 Å². The molecule has 0 radical (unpaired) electrons. The molecule has 280 valence electrons. The molecule has 0 saturated heterocycles. The van der Waals surface area contributed by atoms with Gasteiger partial charge < -0.3 is 20.6 Å². The molecule has 16 nitrogen and oxygen atoms in total. The van der Waals surface area contributed by atoms with Gasteiger partial charge in [-0.1, -0.05) is 6.42 Å². The van der Waals surface area contributed by atoms with E-state index < -0.39 is 11.8 Å². The number of carbonyl (C=O) groups excluding carboxylic acids is 4. The highest BCUT2D eigenvalue weighted by atomic mass is 16.2. The summed E-state index contributed by atoms with van der Waals surface area (Å²) in [5.41, 5.74) is 17.7. The Morgan fingerprint density at radius 3 is 1.85 bits per heavy atom. The number of hydrogen-bond acceptors (Lipinski definition) is 8. The lowest BCUT2D eigenvalue weighted by atomic mass is 10.0. The lowest BCUT2D eigenvalue weighted by Crippen LogP contribution is -2.21. The van der Waals surface area contributed by atoms with Gasteiger partial charge in [0.1, 0.15) is 11.4 Å². The smallest absolute Gasteiger partial charge is 0.276 e. The number of aromatic nitrogens is 8. The molecule has 2 aromatic carbocycles. The van der Waals surface area contributed by atoms with Crippen LogP contribution in [0.4, 0.5) is 11.9 Å². The molecular weight excluding hydrogens is 688 g/mol. The van der Waals surface area contributed by atoms with Crippen LogP contribution in [0.5, 0.6) is 0 Å². The molecule has 0 saturated carbocycles. The first kappa shape index (κ1) is 36.1. The quantitative estimate of drug-likeness (QED) is 0.199. The maximum Gasteiger partial charge on any atom is 0.276 e. The minimum atomic E-state index is -0.563. The number of rotatable bonds is 3. The van der Waals surface area contributed by atoms with Crippen LogP contribution in [0.1, 0.15) is 104 Å². The SMILES string of the molecule is CCn1nc(C)c2c1C(=O)Nc1nc3cc(C(N)=O)ccc3n1CCCCCn1c(nc3cc(C(N)=O)ccc31)NC(=O)c1cc(C)nn1CCCCC2. The van der Waals surface area contributed by atoms with Crippen LogP contribution in [0.25, 0.3) is 22.1 Å². The lowest BCUT2D eigenvalue weighted by molar-refractivity contribution is 0.0992. The summed E-state index contributed by atoms with van der Waals surface area (Å²) in [4.78, 5) is 61.3. The van der Waals surface area contributed by atoms with Gasteiger partial charge in [-0.25, -0.2) is 9.97 Å². The van der Waals surface area contributed by atoms with Gasteiger partial charge in [0.05, 0.1) is 33.5 Å². The normalized spacial score (nSPS) is 14.9. The van der Waals surface area contributed by atoms with E-state index in [-0.39, 0.29) is 11.8 Å². The van der Waals surface area contributed by atoms with Crippen LogP contribution in [-0.2, 0) is 32.6 Å². The first-order valence-electron chi connectivity index (χ1n) is 18.4. The third-order valence-corrected chi connectivity index (χ3v) is 9.98. The van der Waals surface area contributed by atoms with Gasteiger partial charge in [0.15, 0.2) is 0 Å². The zero-order valence-corrected chi connectivity index (χ0v) is 30.7. The first-order chi connectivity index (χ1) is 26.0. The molecule has 16 heteroatoms. The summed E-state index contributed by atoms with van der Waals surface area (Å²) in [5, 5.41) is 15.4. The molecule has 1 aliphatic heterocycles. The molecule has 0 aliphatic carbocycles. The number of primary amides is 2. The van der Waals surface area contributed by atoms with Crippen LogP contribution in [0.2, 0.25) is 0 Å². The van der Waals surface area contributed by atoms with E-state index in [1.54, 1.807) is 51.8 Å². The average molecular weight is 733 g/mol. The zero-order chi connectivity index (χ0) is 38.1. The fourth-order valence-corrected chi connectivity index (χ4v) is 7.29. The number of anilines is 2. The summed E-state index contributed by atoms with van der Waals surface area (Å²) in [7, 11) is 0. The fraction of sp³-hybridized carbons (Fsp3) is 0.368. The summed E-state index contributed by atoms with van der Waals surface area (Å²) >= 11 is 0. The van der Waals surface area contributed by atoms with Crippen molar-refractivity contribution in [2.24, 2.45) is 11.5 Å². The van der Waals surface area contributed by atoms with Crippen LogP contribution < -0.4 is 22.1 Å². The lowest BCUT2D eigenvalue weighted by Gasteiger charge is -2.14. The third-order valence-electron chi connectivity index (χ3n) is 9.98. The molecule has 4 aromatic heterocycles. The molecule has 5 heterocycles. The Bertz CT molecular complexity index is 2430. The van der Waals surface area contributed by atoms with E-state index in [9.17, 15) is 19.2 Å². The largest absolute Gasteiger partial charge is 0.366 e. The molecule has 0 fully saturated rings. The molecular formula is C38H44N12O4. The van der Waals surface area contributed by atoms with Crippen molar-refractivity contribution >= 4 is 57.6 Å². The van der Waals surface area contributed by atoms with Crippen LogP contribution in [0, 0.1) is 13.8 Å². The Hall–Kier alpha value is -6.32. The van der Waals surface area contributed by atoms with Crippen LogP contribution in [0.3, 0.4) is 0 Å². The zero-order valence-electron chi connectivity index (χ0n) is 30.7. The number of imidazole rings is 2. The summed E-state index contributed by atoms with van der Waals surface area (Å²) in [6.45, 7) is 7.84.